The number of piperidine rings is 1. The van der Waals surface area contributed by atoms with Gasteiger partial charge in [0.2, 0.25) is 0 Å². The van der Waals surface area contributed by atoms with Gasteiger partial charge in [-0.15, -0.1) is 0 Å². The van der Waals surface area contributed by atoms with Crippen molar-refractivity contribution in [3.05, 3.63) is 58.5 Å². The van der Waals surface area contributed by atoms with Gasteiger partial charge in [0.25, 0.3) is 11.5 Å². The molecule has 0 radical (unpaired) electrons. The van der Waals surface area contributed by atoms with Gasteiger partial charge in [0.1, 0.15) is 5.69 Å². The van der Waals surface area contributed by atoms with Crippen LogP contribution in [0.1, 0.15) is 30.3 Å². The van der Waals surface area contributed by atoms with Crippen LogP contribution in [-0.2, 0) is 0 Å². The highest BCUT2D eigenvalue weighted by molar-refractivity contribution is 5.92. The number of carbonyl (C=O) groups is 1. The molecule has 1 aromatic heterocycles. The van der Waals surface area contributed by atoms with E-state index in [9.17, 15) is 9.59 Å². The highest BCUT2D eigenvalue weighted by Crippen LogP contribution is 2.17. The van der Waals surface area contributed by atoms with Crippen LogP contribution in [0.3, 0.4) is 0 Å². The molecule has 1 unspecified atom stereocenters. The van der Waals surface area contributed by atoms with Crippen LogP contribution in [0.15, 0.2) is 47.3 Å². The van der Waals surface area contributed by atoms with Crippen LogP contribution in [0.2, 0.25) is 0 Å². The molecule has 1 amide bonds. The van der Waals surface area contributed by atoms with Crippen molar-refractivity contribution in [3.8, 4) is 5.69 Å². The van der Waals surface area contributed by atoms with Gasteiger partial charge in [0.15, 0.2) is 0 Å². The molecule has 0 bridgehead atoms. The first kappa shape index (κ1) is 14.5. The van der Waals surface area contributed by atoms with E-state index in [0.29, 0.717) is 17.3 Å². The number of amides is 1. The summed E-state index contributed by atoms with van der Waals surface area (Å²) in [6, 6.07) is 12.1. The number of hydrogen-bond acceptors (Lipinski definition) is 3. The molecular formula is C17H19N3O2. The summed E-state index contributed by atoms with van der Waals surface area (Å²) >= 11 is 0. The molecule has 5 nitrogen and oxygen atoms in total. The van der Waals surface area contributed by atoms with Crippen molar-refractivity contribution in [2.75, 3.05) is 13.1 Å². The van der Waals surface area contributed by atoms with Crippen molar-refractivity contribution < 1.29 is 4.79 Å². The Bertz CT molecular complexity index is 724. The molecule has 0 saturated carbocycles. The zero-order valence-corrected chi connectivity index (χ0v) is 12.6. The SMILES string of the molecule is CC1CCCN(C(=O)c2ccc(=O)n(-c3ccccc3)n2)C1. The molecule has 0 N–H and O–H groups in total. The van der Waals surface area contributed by atoms with E-state index in [2.05, 4.69) is 12.0 Å². The summed E-state index contributed by atoms with van der Waals surface area (Å²) in [4.78, 5) is 26.4. The number of nitrogens with zero attached hydrogens (tertiary/aromatic N) is 3. The van der Waals surface area contributed by atoms with Crippen LogP contribution >= 0.6 is 0 Å². The maximum Gasteiger partial charge on any atom is 0.274 e. The molecule has 1 atom stereocenters. The maximum atomic E-state index is 12.6. The van der Waals surface area contributed by atoms with Crippen molar-refractivity contribution in [2.24, 2.45) is 5.92 Å². The molecule has 22 heavy (non-hydrogen) atoms. The Balaban J connectivity index is 1.92. The van der Waals surface area contributed by atoms with Crippen LogP contribution in [0.25, 0.3) is 5.69 Å². The van der Waals surface area contributed by atoms with Gasteiger partial charge in [-0.25, -0.2) is 0 Å². The Hall–Kier alpha value is -2.43. The Morgan fingerprint density at radius 3 is 2.68 bits per heavy atom. The predicted octanol–water partition coefficient (Wildman–Crippen LogP) is 2.10. The zero-order chi connectivity index (χ0) is 15.5. The highest BCUT2D eigenvalue weighted by Gasteiger charge is 2.23. The third-order valence-corrected chi connectivity index (χ3v) is 3.96. The third-order valence-electron chi connectivity index (χ3n) is 3.96. The second-order valence-electron chi connectivity index (χ2n) is 5.80. The zero-order valence-electron chi connectivity index (χ0n) is 12.6. The lowest BCUT2D eigenvalue weighted by Crippen LogP contribution is -2.40. The molecule has 5 heteroatoms. The topological polar surface area (TPSA) is 55.2 Å². The van der Waals surface area contributed by atoms with Gasteiger partial charge in [-0.1, -0.05) is 25.1 Å². The van der Waals surface area contributed by atoms with E-state index in [1.165, 1.54) is 16.8 Å². The monoisotopic (exact) mass is 297 g/mol. The standard InChI is InChI=1S/C17H19N3O2/c1-13-6-5-11-19(12-13)17(22)15-9-10-16(21)20(18-15)14-7-3-2-4-8-14/h2-4,7-10,13H,5-6,11-12H2,1H3. The van der Waals surface area contributed by atoms with E-state index in [-0.39, 0.29) is 11.5 Å². The summed E-state index contributed by atoms with van der Waals surface area (Å²) < 4.78 is 1.28. The number of rotatable bonds is 2. The first-order valence-corrected chi connectivity index (χ1v) is 7.60. The lowest BCUT2D eigenvalue weighted by Gasteiger charge is -2.30. The van der Waals surface area contributed by atoms with Crippen LogP contribution in [0.5, 0.6) is 0 Å². The van der Waals surface area contributed by atoms with E-state index in [0.717, 1.165) is 25.9 Å². The van der Waals surface area contributed by atoms with Crippen LogP contribution in [0.4, 0.5) is 0 Å². The summed E-state index contributed by atoms with van der Waals surface area (Å²) in [5, 5.41) is 4.26. The Morgan fingerprint density at radius 1 is 1.18 bits per heavy atom. The number of hydrogen-bond donors (Lipinski definition) is 0. The first-order chi connectivity index (χ1) is 10.6. The molecule has 1 aromatic carbocycles. The summed E-state index contributed by atoms with van der Waals surface area (Å²) in [5.74, 6) is 0.411. The number of aromatic nitrogens is 2. The minimum Gasteiger partial charge on any atom is -0.337 e. The Morgan fingerprint density at radius 2 is 1.95 bits per heavy atom. The van der Waals surface area contributed by atoms with Gasteiger partial charge in [0.05, 0.1) is 5.69 Å². The molecule has 1 saturated heterocycles. The quantitative estimate of drug-likeness (QED) is 0.853. The molecule has 2 aromatic rings. The maximum absolute atomic E-state index is 12.6. The fourth-order valence-corrected chi connectivity index (χ4v) is 2.82. The molecule has 114 valence electrons. The molecule has 0 aliphatic carbocycles. The Kier molecular flexibility index (Phi) is 4.04. The van der Waals surface area contributed by atoms with E-state index in [1.54, 1.807) is 12.1 Å². The molecule has 1 aliphatic rings. The Labute approximate surface area is 129 Å². The van der Waals surface area contributed by atoms with E-state index in [4.69, 9.17) is 0 Å². The molecule has 1 fully saturated rings. The lowest BCUT2D eigenvalue weighted by atomic mass is 10.00. The first-order valence-electron chi connectivity index (χ1n) is 7.60. The van der Waals surface area contributed by atoms with Crippen LogP contribution < -0.4 is 5.56 Å². The minimum atomic E-state index is -0.241. The van der Waals surface area contributed by atoms with Crippen LogP contribution in [0, 0.1) is 5.92 Å². The summed E-state index contributed by atoms with van der Waals surface area (Å²) in [5.41, 5.74) is 0.737. The van der Waals surface area contributed by atoms with Gasteiger partial charge in [0, 0.05) is 19.2 Å². The second kappa shape index (κ2) is 6.13. The van der Waals surface area contributed by atoms with Gasteiger partial charge in [-0.2, -0.15) is 9.78 Å². The fourth-order valence-electron chi connectivity index (χ4n) is 2.82. The largest absolute Gasteiger partial charge is 0.337 e. The normalized spacial score (nSPS) is 18.2. The predicted molar refractivity (Wildman–Crippen MR) is 84.1 cm³/mol. The van der Waals surface area contributed by atoms with Crippen molar-refractivity contribution in [1.82, 2.24) is 14.7 Å². The molecule has 3 rings (SSSR count). The van der Waals surface area contributed by atoms with Gasteiger partial charge in [-0.3, -0.25) is 9.59 Å². The van der Waals surface area contributed by atoms with Gasteiger partial charge >= 0.3 is 0 Å². The molecule has 2 heterocycles. The van der Waals surface area contributed by atoms with E-state index in [1.807, 2.05) is 23.1 Å². The van der Waals surface area contributed by atoms with Gasteiger partial charge < -0.3 is 4.90 Å². The van der Waals surface area contributed by atoms with E-state index < -0.39 is 0 Å². The van der Waals surface area contributed by atoms with Crippen molar-refractivity contribution in [1.29, 1.82) is 0 Å². The molecular weight excluding hydrogens is 278 g/mol. The van der Waals surface area contributed by atoms with Crippen molar-refractivity contribution >= 4 is 5.91 Å². The highest BCUT2D eigenvalue weighted by atomic mass is 16.2. The molecule has 0 spiro atoms. The third kappa shape index (κ3) is 2.93. The smallest absolute Gasteiger partial charge is 0.274 e. The second-order valence-corrected chi connectivity index (χ2v) is 5.80. The number of likely N-dealkylation sites (tertiary alicyclic amines) is 1. The lowest BCUT2D eigenvalue weighted by molar-refractivity contribution is 0.0675. The van der Waals surface area contributed by atoms with Crippen LogP contribution in [-0.4, -0.2) is 33.7 Å². The minimum absolute atomic E-state index is 0.101. The summed E-state index contributed by atoms with van der Waals surface area (Å²) in [6.07, 6.45) is 2.17. The van der Waals surface area contributed by atoms with E-state index >= 15 is 0 Å². The summed E-state index contributed by atoms with van der Waals surface area (Å²) in [7, 11) is 0. The average Bonchev–Trinajstić information content (AvgIpc) is 2.55. The molecule has 1 aliphatic heterocycles. The van der Waals surface area contributed by atoms with Crippen molar-refractivity contribution in [3.63, 3.8) is 0 Å². The summed E-state index contributed by atoms with van der Waals surface area (Å²) in [6.45, 7) is 3.66. The number of para-hydroxylation sites is 1. The van der Waals surface area contributed by atoms with Gasteiger partial charge in [-0.05, 0) is 37.0 Å². The average molecular weight is 297 g/mol. The fraction of sp³-hybridized carbons (Fsp3) is 0.353. The number of benzene rings is 1. The van der Waals surface area contributed by atoms with Crippen molar-refractivity contribution in [2.45, 2.75) is 19.8 Å². The number of carbonyl (C=O) groups excluding carboxylic acids is 1.